The first kappa shape index (κ1) is 18.7. The van der Waals surface area contributed by atoms with Gasteiger partial charge in [-0.1, -0.05) is 72.8 Å². The van der Waals surface area contributed by atoms with E-state index in [1.54, 1.807) is 4.90 Å². The lowest BCUT2D eigenvalue weighted by molar-refractivity contribution is -0.133. The van der Waals surface area contributed by atoms with E-state index in [1.165, 1.54) is 0 Å². The van der Waals surface area contributed by atoms with Gasteiger partial charge in [0, 0.05) is 12.6 Å². The third kappa shape index (κ3) is 4.09. The maximum absolute atomic E-state index is 13.3. The summed E-state index contributed by atoms with van der Waals surface area (Å²) in [6.45, 7) is 0.435. The summed E-state index contributed by atoms with van der Waals surface area (Å²) in [7, 11) is -3.07. The van der Waals surface area contributed by atoms with E-state index in [-0.39, 0.29) is 29.9 Å². The van der Waals surface area contributed by atoms with Crippen LogP contribution in [0.3, 0.4) is 0 Å². The van der Waals surface area contributed by atoms with E-state index < -0.39 is 9.84 Å². The average molecular weight is 394 g/mol. The molecule has 1 saturated heterocycles. The first-order valence-corrected chi connectivity index (χ1v) is 11.3. The number of hydrogen-bond donors (Lipinski definition) is 0. The molecule has 1 heterocycles. The van der Waals surface area contributed by atoms with Gasteiger partial charge in [0.15, 0.2) is 9.84 Å². The zero-order valence-corrected chi connectivity index (χ0v) is 16.4. The quantitative estimate of drug-likeness (QED) is 0.666. The number of rotatable bonds is 5. The maximum Gasteiger partial charge on any atom is 0.227 e. The monoisotopic (exact) mass is 393 g/mol. The summed E-state index contributed by atoms with van der Waals surface area (Å²) in [5.41, 5.74) is 1.99. The largest absolute Gasteiger partial charge is 0.334 e. The van der Waals surface area contributed by atoms with Gasteiger partial charge in [-0.05, 0) is 28.3 Å². The SMILES string of the molecule is O=C(Cc1cccc2ccccc12)N(Cc1ccccc1)C1CCS(=O)(=O)C1. The normalized spacial score (nSPS) is 18.2. The summed E-state index contributed by atoms with van der Waals surface area (Å²) in [5.74, 6) is 0.188. The van der Waals surface area contributed by atoms with Gasteiger partial charge in [0.05, 0.1) is 17.9 Å². The molecule has 0 bridgehead atoms. The molecule has 5 heteroatoms. The fraction of sp³-hybridized carbons (Fsp3) is 0.261. The Labute approximate surface area is 165 Å². The summed E-state index contributed by atoms with van der Waals surface area (Å²) in [6, 6.07) is 23.5. The van der Waals surface area contributed by atoms with E-state index in [2.05, 4.69) is 0 Å². The molecule has 0 saturated carbocycles. The predicted molar refractivity (Wildman–Crippen MR) is 112 cm³/mol. The Morgan fingerprint density at radius 2 is 1.64 bits per heavy atom. The third-order valence-corrected chi connectivity index (χ3v) is 7.14. The minimum Gasteiger partial charge on any atom is -0.334 e. The van der Waals surface area contributed by atoms with Crippen molar-refractivity contribution in [2.24, 2.45) is 0 Å². The van der Waals surface area contributed by atoms with E-state index >= 15 is 0 Å². The van der Waals surface area contributed by atoms with Crippen molar-refractivity contribution in [2.45, 2.75) is 25.4 Å². The van der Waals surface area contributed by atoms with E-state index in [1.807, 2.05) is 72.8 Å². The van der Waals surface area contributed by atoms with Crippen molar-refractivity contribution in [3.05, 3.63) is 83.9 Å². The van der Waals surface area contributed by atoms with Gasteiger partial charge in [0.1, 0.15) is 0 Å². The Balaban J connectivity index is 1.62. The van der Waals surface area contributed by atoms with E-state index in [0.717, 1.165) is 21.9 Å². The molecule has 1 aliphatic heterocycles. The first-order chi connectivity index (χ1) is 13.5. The van der Waals surface area contributed by atoms with Crippen LogP contribution in [0.5, 0.6) is 0 Å². The molecule has 144 valence electrons. The molecular weight excluding hydrogens is 370 g/mol. The molecule has 4 rings (SSSR count). The summed E-state index contributed by atoms with van der Waals surface area (Å²) < 4.78 is 24.0. The van der Waals surface area contributed by atoms with Crippen molar-refractivity contribution in [3.8, 4) is 0 Å². The minimum atomic E-state index is -3.07. The molecule has 1 fully saturated rings. The van der Waals surface area contributed by atoms with Crippen molar-refractivity contribution in [1.29, 1.82) is 0 Å². The number of benzene rings is 3. The van der Waals surface area contributed by atoms with Crippen LogP contribution in [-0.2, 0) is 27.6 Å². The highest BCUT2D eigenvalue weighted by Crippen LogP contribution is 2.24. The van der Waals surface area contributed by atoms with Crippen LogP contribution in [0.15, 0.2) is 72.8 Å². The van der Waals surface area contributed by atoms with E-state index in [9.17, 15) is 13.2 Å². The van der Waals surface area contributed by atoms with Gasteiger partial charge in [-0.2, -0.15) is 0 Å². The third-order valence-electron chi connectivity index (χ3n) is 5.39. The second-order valence-corrected chi connectivity index (χ2v) is 9.61. The zero-order valence-electron chi connectivity index (χ0n) is 15.6. The summed E-state index contributed by atoms with van der Waals surface area (Å²) >= 11 is 0. The van der Waals surface area contributed by atoms with Crippen LogP contribution in [0.25, 0.3) is 10.8 Å². The molecular formula is C23H23NO3S. The maximum atomic E-state index is 13.3. The van der Waals surface area contributed by atoms with Crippen LogP contribution < -0.4 is 0 Å². The fourth-order valence-electron chi connectivity index (χ4n) is 3.93. The summed E-state index contributed by atoms with van der Waals surface area (Å²) in [5, 5.41) is 2.17. The fourth-order valence-corrected chi connectivity index (χ4v) is 5.66. The van der Waals surface area contributed by atoms with Crippen LogP contribution in [0, 0.1) is 0 Å². The van der Waals surface area contributed by atoms with E-state index in [0.29, 0.717) is 13.0 Å². The molecule has 3 aromatic rings. The summed E-state index contributed by atoms with van der Waals surface area (Å²) in [4.78, 5) is 15.1. The molecule has 1 atom stereocenters. The Morgan fingerprint density at radius 3 is 2.39 bits per heavy atom. The highest BCUT2D eigenvalue weighted by Gasteiger charge is 2.34. The second-order valence-electron chi connectivity index (χ2n) is 7.38. The van der Waals surface area contributed by atoms with Crippen molar-refractivity contribution < 1.29 is 13.2 Å². The van der Waals surface area contributed by atoms with Gasteiger partial charge in [0.2, 0.25) is 5.91 Å². The molecule has 1 aliphatic rings. The highest BCUT2D eigenvalue weighted by molar-refractivity contribution is 7.91. The lowest BCUT2D eigenvalue weighted by Crippen LogP contribution is -2.41. The van der Waals surface area contributed by atoms with Crippen LogP contribution >= 0.6 is 0 Å². The van der Waals surface area contributed by atoms with Gasteiger partial charge >= 0.3 is 0 Å². The van der Waals surface area contributed by atoms with Gasteiger partial charge in [0.25, 0.3) is 0 Å². The molecule has 0 N–H and O–H groups in total. The molecule has 4 nitrogen and oxygen atoms in total. The molecule has 0 radical (unpaired) electrons. The number of fused-ring (bicyclic) bond motifs is 1. The Hall–Kier alpha value is -2.66. The average Bonchev–Trinajstić information content (AvgIpc) is 3.06. The Morgan fingerprint density at radius 1 is 0.929 bits per heavy atom. The van der Waals surface area contributed by atoms with Crippen LogP contribution in [0.2, 0.25) is 0 Å². The smallest absolute Gasteiger partial charge is 0.227 e. The number of nitrogens with zero attached hydrogens (tertiary/aromatic N) is 1. The Bertz CT molecular complexity index is 1090. The zero-order chi connectivity index (χ0) is 19.6. The van der Waals surface area contributed by atoms with E-state index in [4.69, 9.17) is 0 Å². The van der Waals surface area contributed by atoms with Crippen LogP contribution in [0.1, 0.15) is 17.5 Å². The Kier molecular flexibility index (Phi) is 5.18. The molecule has 0 aromatic heterocycles. The van der Waals surface area contributed by atoms with Gasteiger partial charge in [-0.15, -0.1) is 0 Å². The van der Waals surface area contributed by atoms with Gasteiger partial charge in [-0.3, -0.25) is 4.79 Å². The number of amides is 1. The highest BCUT2D eigenvalue weighted by atomic mass is 32.2. The van der Waals surface area contributed by atoms with Crippen LogP contribution in [-0.4, -0.2) is 36.8 Å². The second kappa shape index (κ2) is 7.76. The minimum absolute atomic E-state index is 0.0256. The van der Waals surface area contributed by atoms with Crippen molar-refractivity contribution >= 4 is 26.5 Å². The standard InChI is InChI=1S/C23H23NO3S/c25-23(15-20-11-6-10-19-9-4-5-12-22(19)20)24(16-18-7-2-1-3-8-18)21-13-14-28(26,27)17-21/h1-12,21H,13-17H2. The molecule has 3 aromatic carbocycles. The number of hydrogen-bond acceptors (Lipinski definition) is 3. The van der Waals surface area contributed by atoms with Gasteiger partial charge in [-0.25, -0.2) is 8.42 Å². The van der Waals surface area contributed by atoms with Crippen molar-refractivity contribution in [2.75, 3.05) is 11.5 Å². The topological polar surface area (TPSA) is 54.5 Å². The molecule has 1 amide bonds. The predicted octanol–water partition coefficient (Wildman–Crippen LogP) is 3.60. The molecule has 0 spiro atoms. The molecule has 1 unspecified atom stereocenters. The van der Waals surface area contributed by atoms with Crippen molar-refractivity contribution in [3.63, 3.8) is 0 Å². The molecule has 28 heavy (non-hydrogen) atoms. The van der Waals surface area contributed by atoms with Crippen LogP contribution in [0.4, 0.5) is 0 Å². The number of sulfone groups is 1. The van der Waals surface area contributed by atoms with Gasteiger partial charge < -0.3 is 4.90 Å². The van der Waals surface area contributed by atoms with Crippen molar-refractivity contribution in [1.82, 2.24) is 4.90 Å². The molecule has 0 aliphatic carbocycles. The number of carbonyl (C=O) groups excluding carboxylic acids is 1. The lowest BCUT2D eigenvalue weighted by Gasteiger charge is -2.29. The lowest BCUT2D eigenvalue weighted by atomic mass is 10.0. The first-order valence-electron chi connectivity index (χ1n) is 9.52. The summed E-state index contributed by atoms with van der Waals surface area (Å²) in [6.07, 6.45) is 0.779. The number of carbonyl (C=O) groups is 1.